The Balaban J connectivity index is 1.23. The molecule has 8 aromatic rings. The zero-order chi connectivity index (χ0) is 35.6. The standard InChI is InChI=1S/C52H41N/c1-51(2)46-28-16-15-26-42(46)44-32-45-43-31-30-37(41-27-17-29-48(50(41)43)53(49(45)33-47(44)51)40-24-13-6-14-25-40)35-52(38-20-9-4-10-21-38,39-22-11-5-12-23-39)34-36-18-7-3-8-19-36/h3-33H,34-35H2,1-2H3. The second kappa shape index (κ2) is 12.2. The van der Waals surface area contributed by atoms with Crippen molar-refractivity contribution in [1.82, 2.24) is 0 Å². The quantitative estimate of drug-likeness (QED) is 0.162. The zero-order valence-electron chi connectivity index (χ0n) is 30.3. The zero-order valence-corrected chi connectivity index (χ0v) is 30.3. The summed E-state index contributed by atoms with van der Waals surface area (Å²) in [5, 5.41) is 2.64. The van der Waals surface area contributed by atoms with Crippen LogP contribution in [0.4, 0.5) is 17.1 Å². The molecule has 1 aliphatic heterocycles. The Labute approximate surface area is 312 Å². The van der Waals surface area contributed by atoms with Crippen molar-refractivity contribution in [3.63, 3.8) is 0 Å². The van der Waals surface area contributed by atoms with Gasteiger partial charge in [0.1, 0.15) is 0 Å². The molecule has 0 N–H and O–H groups in total. The van der Waals surface area contributed by atoms with E-state index in [9.17, 15) is 0 Å². The summed E-state index contributed by atoms with van der Waals surface area (Å²) in [7, 11) is 0. The van der Waals surface area contributed by atoms with Crippen molar-refractivity contribution in [3.05, 3.63) is 221 Å². The Hall–Kier alpha value is -6.18. The minimum absolute atomic E-state index is 0.0869. The average Bonchev–Trinajstić information content (AvgIpc) is 3.44. The van der Waals surface area contributed by atoms with E-state index in [1.165, 1.54) is 83.5 Å². The van der Waals surface area contributed by atoms with Crippen LogP contribution in [0.15, 0.2) is 188 Å². The third kappa shape index (κ3) is 4.91. The van der Waals surface area contributed by atoms with Gasteiger partial charge in [0.2, 0.25) is 0 Å². The first-order chi connectivity index (χ1) is 26.0. The Morgan fingerprint density at radius 2 is 1.08 bits per heavy atom. The predicted molar refractivity (Wildman–Crippen MR) is 223 cm³/mol. The highest BCUT2D eigenvalue weighted by Gasteiger charge is 2.39. The van der Waals surface area contributed by atoms with Crippen molar-refractivity contribution in [3.8, 4) is 22.3 Å². The first-order valence-corrected chi connectivity index (χ1v) is 18.9. The summed E-state index contributed by atoms with van der Waals surface area (Å²) < 4.78 is 0. The van der Waals surface area contributed by atoms with Crippen LogP contribution in [0.3, 0.4) is 0 Å². The molecule has 0 aromatic heterocycles. The summed E-state index contributed by atoms with van der Waals surface area (Å²) in [6, 6.07) is 70.1. The average molecular weight is 680 g/mol. The molecule has 0 atom stereocenters. The first-order valence-electron chi connectivity index (χ1n) is 18.9. The van der Waals surface area contributed by atoms with Gasteiger partial charge in [-0.2, -0.15) is 0 Å². The predicted octanol–water partition coefficient (Wildman–Crippen LogP) is 13.4. The number of benzene rings is 8. The number of hydrogen-bond donors (Lipinski definition) is 0. The highest BCUT2D eigenvalue weighted by molar-refractivity contribution is 6.15. The molecule has 1 heteroatoms. The Morgan fingerprint density at radius 3 is 1.77 bits per heavy atom. The summed E-state index contributed by atoms with van der Waals surface area (Å²) in [5.41, 5.74) is 16.7. The number of nitrogens with zero attached hydrogens (tertiary/aromatic N) is 1. The molecule has 2 aliphatic rings. The van der Waals surface area contributed by atoms with Crippen molar-refractivity contribution >= 4 is 27.8 Å². The van der Waals surface area contributed by atoms with E-state index in [-0.39, 0.29) is 10.8 Å². The molecule has 10 rings (SSSR count). The lowest BCUT2D eigenvalue weighted by Gasteiger charge is -2.38. The van der Waals surface area contributed by atoms with E-state index >= 15 is 0 Å². The monoisotopic (exact) mass is 679 g/mol. The summed E-state index contributed by atoms with van der Waals surface area (Å²) in [4.78, 5) is 2.51. The smallest absolute Gasteiger partial charge is 0.0546 e. The van der Waals surface area contributed by atoms with E-state index in [0.717, 1.165) is 12.8 Å². The van der Waals surface area contributed by atoms with E-state index in [1.807, 2.05) is 0 Å². The summed E-state index contributed by atoms with van der Waals surface area (Å²) in [6.07, 6.45) is 1.76. The minimum Gasteiger partial charge on any atom is -0.309 e. The van der Waals surface area contributed by atoms with Crippen molar-refractivity contribution in [2.75, 3.05) is 4.90 Å². The van der Waals surface area contributed by atoms with Gasteiger partial charge in [0, 0.05) is 27.5 Å². The minimum atomic E-state index is -0.286. The fraction of sp³-hybridized carbons (Fsp3) is 0.115. The number of hydrogen-bond acceptors (Lipinski definition) is 1. The molecule has 1 heterocycles. The molecule has 0 saturated carbocycles. The lowest BCUT2D eigenvalue weighted by molar-refractivity contribution is 0.508. The van der Waals surface area contributed by atoms with Gasteiger partial charge < -0.3 is 4.90 Å². The van der Waals surface area contributed by atoms with Crippen LogP contribution in [0.5, 0.6) is 0 Å². The van der Waals surface area contributed by atoms with Gasteiger partial charge in [-0.3, -0.25) is 0 Å². The van der Waals surface area contributed by atoms with Crippen LogP contribution in [0.2, 0.25) is 0 Å². The molecular weight excluding hydrogens is 639 g/mol. The molecule has 0 radical (unpaired) electrons. The van der Waals surface area contributed by atoms with E-state index in [1.54, 1.807) is 0 Å². The van der Waals surface area contributed by atoms with Crippen LogP contribution in [-0.2, 0) is 23.7 Å². The van der Waals surface area contributed by atoms with Crippen LogP contribution >= 0.6 is 0 Å². The fourth-order valence-electron chi connectivity index (χ4n) is 9.56. The van der Waals surface area contributed by atoms with Crippen molar-refractivity contribution in [1.29, 1.82) is 0 Å². The molecule has 0 fully saturated rings. The highest BCUT2D eigenvalue weighted by atomic mass is 15.2. The van der Waals surface area contributed by atoms with E-state index in [0.29, 0.717) is 0 Å². The summed E-state index contributed by atoms with van der Waals surface area (Å²) in [6.45, 7) is 4.75. The van der Waals surface area contributed by atoms with E-state index in [4.69, 9.17) is 0 Å². The second-order valence-electron chi connectivity index (χ2n) is 15.4. The topological polar surface area (TPSA) is 3.24 Å². The van der Waals surface area contributed by atoms with Gasteiger partial charge in [-0.05, 0) is 98.6 Å². The van der Waals surface area contributed by atoms with E-state index in [2.05, 4.69) is 207 Å². The number of anilines is 3. The van der Waals surface area contributed by atoms with Crippen molar-refractivity contribution in [2.45, 2.75) is 37.5 Å². The number of rotatable bonds is 7. The molecule has 254 valence electrons. The van der Waals surface area contributed by atoms with Crippen molar-refractivity contribution in [2.24, 2.45) is 0 Å². The Morgan fingerprint density at radius 1 is 0.453 bits per heavy atom. The molecule has 1 nitrogen and oxygen atoms in total. The van der Waals surface area contributed by atoms with Gasteiger partial charge in [0.05, 0.1) is 11.4 Å². The molecule has 0 amide bonds. The molecule has 0 bridgehead atoms. The number of fused-ring (bicyclic) bond motifs is 5. The SMILES string of the molecule is CC1(C)c2ccccc2-c2cc3c(cc21)N(c1ccccc1)c1cccc2c(CC(Cc4ccccc4)(c4ccccc4)c4ccccc4)ccc-3c12. The molecule has 1 aliphatic carbocycles. The van der Waals surface area contributed by atoms with E-state index < -0.39 is 0 Å². The molecule has 8 aromatic carbocycles. The van der Waals surface area contributed by atoms with Crippen LogP contribution in [0, 0.1) is 0 Å². The van der Waals surface area contributed by atoms with Gasteiger partial charge >= 0.3 is 0 Å². The molecular formula is C52H41N. The van der Waals surface area contributed by atoms with Crippen LogP contribution < -0.4 is 4.90 Å². The maximum absolute atomic E-state index is 2.51. The van der Waals surface area contributed by atoms with Crippen LogP contribution in [0.25, 0.3) is 33.0 Å². The molecule has 0 spiro atoms. The molecule has 53 heavy (non-hydrogen) atoms. The normalized spacial score (nSPS) is 13.7. The lowest BCUT2D eigenvalue weighted by Crippen LogP contribution is -2.33. The largest absolute Gasteiger partial charge is 0.309 e. The maximum atomic E-state index is 2.51. The van der Waals surface area contributed by atoms with Gasteiger partial charge in [-0.25, -0.2) is 0 Å². The van der Waals surface area contributed by atoms with Gasteiger partial charge in [-0.15, -0.1) is 0 Å². The van der Waals surface area contributed by atoms with Gasteiger partial charge in [0.15, 0.2) is 0 Å². The summed E-state index contributed by atoms with van der Waals surface area (Å²) >= 11 is 0. The Kier molecular flexibility index (Phi) is 7.27. The third-order valence-corrected chi connectivity index (χ3v) is 12.1. The van der Waals surface area contributed by atoms with Crippen LogP contribution in [-0.4, -0.2) is 0 Å². The van der Waals surface area contributed by atoms with Crippen LogP contribution in [0.1, 0.15) is 47.2 Å². The third-order valence-electron chi connectivity index (χ3n) is 12.1. The fourth-order valence-corrected chi connectivity index (χ4v) is 9.56. The molecule has 0 saturated heterocycles. The van der Waals surface area contributed by atoms with Crippen molar-refractivity contribution < 1.29 is 0 Å². The summed E-state index contributed by atoms with van der Waals surface area (Å²) in [5.74, 6) is 0. The highest BCUT2D eigenvalue weighted by Crippen LogP contribution is 2.57. The van der Waals surface area contributed by atoms with Gasteiger partial charge in [-0.1, -0.05) is 172 Å². The molecule has 0 unspecified atom stereocenters. The maximum Gasteiger partial charge on any atom is 0.0546 e. The lowest BCUT2D eigenvalue weighted by atomic mass is 9.66. The Bertz CT molecular complexity index is 2580. The first kappa shape index (κ1) is 31.5. The number of para-hydroxylation sites is 1. The van der Waals surface area contributed by atoms with Gasteiger partial charge in [0.25, 0.3) is 0 Å². The second-order valence-corrected chi connectivity index (χ2v) is 15.4.